The van der Waals surface area contributed by atoms with Gasteiger partial charge in [-0.15, -0.1) is 0 Å². The summed E-state index contributed by atoms with van der Waals surface area (Å²) in [5.41, 5.74) is 7.11. The number of anilines is 1. The smallest absolute Gasteiger partial charge is 0.225 e. The molecule has 21 heavy (non-hydrogen) atoms. The van der Waals surface area contributed by atoms with Gasteiger partial charge in [-0.25, -0.2) is 0 Å². The minimum atomic E-state index is 0.0280. The molecule has 0 aromatic heterocycles. The van der Waals surface area contributed by atoms with Crippen molar-refractivity contribution >= 4 is 28.8 Å². The molecule has 116 valence electrons. The summed E-state index contributed by atoms with van der Waals surface area (Å²) in [6, 6.07) is 7.26. The Kier molecular flexibility index (Phi) is 7.32. The number of thiocarbonyl (C=S) groups is 1. The molecule has 0 atom stereocenters. The summed E-state index contributed by atoms with van der Waals surface area (Å²) in [5, 5.41) is 2.89. The highest BCUT2D eigenvalue weighted by molar-refractivity contribution is 7.80. The predicted octanol–water partition coefficient (Wildman–Crippen LogP) is 2.63. The van der Waals surface area contributed by atoms with Gasteiger partial charge in [0.15, 0.2) is 0 Å². The van der Waals surface area contributed by atoms with Crippen LogP contribution in [0.5, 0.6) is 0 Å². The first-order valence-corrected chi connectivity index (χ1v) is 7.75. The number of hydrogen-bond acceptors (Lipinski definition) is 3. The van der Waals surface area contributed by atoms with E-state index in [1.807, 2.05) is 24.3 Å². The second-order valence-electron chi connectivity index (χ2n) is 5.53. The average Bonchev–Trinajstić information content (AvgIpc) is 2.43. The zero-order valence-corrected chi connectivity index (χ0v) is 13.9. The minimum Gasteiger partial charge on any atom is -0.389 e. The van der Waals surface area contributed by atoms with Gasteiger partial charge in [0.2, 0.25) is 5.91 Å². The molecule has 0 heterocycles. The number of carbonyl (C=O) groups excluding carboxylic acids is 1. The number of rotatable bonds is 8. The van der Waals surface area contributed by atoms with Gasteiger partial charge in [0.1, 0.15) is 4.99 Å². The fourth-order valence-corrected chi connectivity index (χ4v) is 2.23. The van der Waals surface area contributed by atoms with Crippen LogP contribution in [0.25, 0.3) is 0 Å². The molecule has 5 heteroatoms. The molecule has 1 aromatic carbocycles. The third kappa shape index (κ3) is 6.69. The molecule has 1 aromatic rings. The van der Waals surface area contributed by atoms with E-state index in [4.69, 9.17) is 18.0 Å². The minimum absolute atomic E-state index is 0.0280. The third-order valence-corrected chi connectivity index (χ3v) is 3.41. The third-order valence-electron chi connectivity index (χ3n) is 3.18. The normalized spacial score (nSPS) is 10.9. The van der Waals surface area contributed by atoms with E-state index in [2.05, 4.69) is 31.0 Å². The van der Waals surface area contributed by atoms with Gasteiger partial charge in [0.25, 0.3) is 0 Å². The van der Waals surface area contributed by atoms with Gasteiger partial charge >= 0.3 is 0 Å². The Labute approximate surface area is 132 Å². The van der Waals surface area contributed by atoms with Gasteiger partial charge in [-0.1, -0.05) is 33.0 Å². The lowest BCUT2D eigenvalue weighted by Gasteiger charge is -2.22. The van der Waals surface area contributed by atoms with Gasteiger partial charge in [0.05, 0.1) is 0 Å². The van der Waals surface area contributed by atoms with E-state index in [1.165, 1.54) is 0 Å². The Morgan fingerprint density at radius 2 is 1.95 bits per heavy atom. The topological polar surface area (TPSA) is 58.4 Å². The van der Waals surface area contributed by atoms with Gasteiger partial charge < -0.3 is 16.0 Å². The Hall–Kier alpha value is -1.46. The second-order valence-corrected chi connectivity index (χ2v) is 5.97. The van der Waals surface area contributed by atoms with Crippen molar-refractivity contribution in [3.8, 4) is 0 Å². The molecule has 4 nitrogen and oxygen atoms in total. The molecule has 0 saturated heterocycles. The number of benzene rings is 1. The van der Waals surface area contributed by atoms with E-state index in [-0.39, 0.29) is 5.91 Å². The number of nitrogens with two attached hydrogens (primary N) is 1. The fourth-order valence-electron chi connectivity index (χ4n) is 2.10. The number of carbonyl (C=O) groups is 1. The monoisotopic (exact) mass is 307 g/mol. The summed E-state index contributed by atoms with van der Waals surface area (Å²) in [5.74, 6) is 0.640. The standard InChI is InChI=1S/C16H25N3OS/c1-4-19(11-12(2)3)10-9-15(20)18-14-7-5-13(6-8-14)16(17)21/h5-8,12H,4,9-11H2,1-3H3,(H2,17,21)(H,18,20). The summed E-state index contributed by atoms with van der Waals surface area (Å²) in [6.07, 6.45) is 0.498. The molecule has 0 aliphatic carbocycles. The molecule has 0 aliphatic rings. The highest BCUT2D eigenvalue weighted by Crippen LogP contribution is 2.10. The van der Waals surface area contributed by atoms with Crippen molar-refractivity contribution in [3.05, 3.63) is 29.8 Å². The van der Waals surface area contributed by atoms with Crippen LogP contribution >= 0.6 is 12.2 Å². The summed E-state index contributed by atoms with van der Waals surface area (Å²) < 4.78 is 0. The first-order valence-electron chi connectivity index (χ1n) is 7.34. The maximum atomic E-state index is 11.9. The summed E-state index contributed by atoms with van der Waals surface area (Å²) >= 11 is 4.90. The van der Waals surface area contributed by atoms with E-state index >= 15 is 0 Å². The molecule has 3 N–H and O–H groups in total. The Balaban J connectivity index is 2.44. The summed E-state index contributed by atoms with van der Waals surface area (Å²) in [4.78, 5) is 14.6. The molecular formula is C16H25N3OS. The van der Waals surface area contributed by atoms with Crippen molar-refractivity contribution in [2.24, 2.45) is 11.7 Å². The highest BCUT2D eigenvalue weighted by Gasteiger charge is 2.08. The van der Waals surface area contributed by atoms with Crippen LogP contribution in [0, 0.1) is 5.92 Å². The predicted molar refractivity (Wildman–Crippen MR) is 92.5 cm³/mol. The molecule has 0 unspecified atom stereocenters. The van der Waals surface area contributed by atoms with Gasteiger partial charge in [-0.3, -0.25) is 4.79 Å². The van der Waals surface area contributed by atoms with E-state index in [0.29, 0.717) is 17.3 Å². The van der Waals surface area contributed by atoms with Crippen molar-refractivity contribution in [3.63, 3.8) is 0 Å². The molecule has 0 spiro atoms. The van der Waals surface area contributed by atoms with Crippen LogP contribution in [-0.4, -0.2) is 35.4 Å². The van der Waals surface area contributed by atoms with E-state index in [9.17, 15) is 4.79 Å². The second kappa shape index (κ2) is 8.74. The highest BCUT2D eigenvalue weighted by atomic mass is 32.1. The van der Waals surface area contributed by atoms with Crippen LogP contribution in [0.2, 0.25) is 0 Å². The maximum Gasteiger partial charge on any atom is 0.225 e. The number of hydrogen-bond donors (Lipinski definition) is 2. The molecule has 1 rings (SSSR count). The first kappa shape index (κ1) is 17.6. The quantitative estimate of drug-likeness (QED) is 0.725. The molecule has 0 aliphatic heterocycles. The van der Waals surface area contributed by atoms with E-state index in [1.54, 1.807) is 0 Å². The maximum absolute atomic E-state index is 11.9. The van der Waals surface area contributed by atoms with Gasteiger partial charge in [0, 0.05) is 30.8 Å². The van der Waals surface area contributed by atoms with Crippen LogP contribution in [-0.2, 0) is 4.79 Å². The molecule has 0 bridgehead atoms. The van der Waals surface area contributed by atoms with Crippen LogP contribution in [0.15, 0.2) is 24.3 Å². The number of nitrogens with one attached hydrogen (secondary N) is 1. The van der Waals surface area contributed by atoms with Crippen LogP contribution in [0.4, 0.5) is 5.69 Å². The van der Waals surface area contributed by atoms with Crippen molar-refractivity contribution in [1.29, 1.82) is 0 Å². The Morgan fingerprint density at radius 1 is 1.33 bits per heavy atom. The fraction of sp³-hybridized carbons (Fsp3) is 0.500. The summed E-state index contributed by atoms with van der Waals surface area (Å²) in [6.45, 7) is 9.26. The lowest BCUT2D eigenvalue weighted by Crippen LogP contribution is -2.31. The van der Waals surface area contributed by atoms with Crippen molar-refractivity contribution in [2.75, 3.05) is 25.0 Å². The summed E-state index contributed by atoms with van der Waals surface area (Å²) in [7, 11) is 0. The Morgan fingerprint density at radius 3 is 2.43 bits per heavy atom. The zero-order valence-electron chi connectivity index (χ0n) is 13.1. The van der Waals surface area contributed by atoms with E-state index < -0.39 is 0 Å². The first-order chi connectivity index (χ1) is 9.92. The van der Waals surface area contributed by atoms with E-state index in [0.717, 1.165) is 30.9 Å². The SMILES string of the molecule is CCN(CCC(=O)Nc1ccc(C(N)=S)cc1)CC(C)C. The van der Waals surface area contributed by atoms with Crippen LogP contribution in [0.3, 0.4) is 0 Å². The van der Waals surface area contributed by atoms with Crippen molar-refractivity contribution in [1.82, 2.24) is 4.90 Å². The lowest BCUT2D eigenvalue weighted by atomic mass is 10.2. The zero-order chi connectivity index (χ0) is 15.8. The van der Waals surface area contributed by atoms with Crippen LogP contribution < -0.4 is 11.1 Å². The molecule has 1 amide bonds. The lowest BCUT2D eigenvalue weighted by molar-refractivity contribution is -0.116. The molecule has 0 fully saturated rings. The van der Waals surface area contributed by atoms with Gasteiger partial charge in [-0.2, -0.15) is 0 Å². The largest absolute Gasteiger partial charge is 0.389 e. The van der Waals surface area contributed by atoms with Gasteiger partial charge in [-0.05, 0) is 36.7 Å². The number of nitrogens with zero attached hydrogens (tertiary/aromatic N) is 1. The number of amides is 1. The Bertz CT molecular complexity index is 471. The van der Waals surface area contributed by atoms with Crippen molar-refractivity contribution < 1.29 is 4.79 Å². The van der Waals surface area contributed by atoms with Crippen molar-refractivity contribution in [2.45, 2.75) is 27.2 Å². The average molecular weight is 307 g/mol. The molecule has 0 saturated carbocycles. The van der Waals surface area contributed by atoms with Crippen LogP contribution in [0.1, 0.15) is 32.8 Å². The molecule has 0 radical (unpaired) electrons. The molecular weight excluding hydrogens is 282 g/mol.